The number of aromatic nitrogens is 2. The second-order valence-corrected chi connectivity index (χ2v) is 8.76. The molecule has 1 aliphatic rings. The summed E-state index contributed by atoms with van der Waals surface area (Å²) in [6.45, 7) is 4.16. The number of nitrogens with zero attached hydrogens (tertiary/aromatic N) is 3. The van der Waals surface area contributed by atoms with E-state index < -0.39 is 0 Å². The topological polar surface area (TPSA) is 55.2 Å². The van der Waals surface area contributed by atoms with Crippen LogP contribution < -0.4 is 5.56 Å². The smallest absolute Gasteiger partial charge is 0.266 e. The monoisotopic (exact) mass is 429 g/mol. The van der Waals surface area contributed by atoms with Crippen LogP contribution in [0.3, 0.4) is 0 Å². The van der Waals surface area contributed by atoms with Gasteiger partial charge in [-0.15, -0.1) is 0 Å². The normalized spacial score (nSPS) is 14.5. The summed E-state index contributed by atoms with van der Waals surface area (Å²) in [5, 5.41) is 4.51. The molecule has 0 spiro atoms. The van der Waals surface area contributed by atoms with E-state index in [4.69, 9.17) is 0 Å². The van der Waals surface area contributed by atoms with Crippen molar-refractivity contribution in [2.24, 2.45) is 5.92 Å². The van der Waals surface area contributed by atoms with Crippen molar-refractivity contribution in [3.63, 3.8) is 0 Å². The van der Waals surface area contributed by atoms with Crippen LogP contribution in [0.25, 0.3) is 11.3 Å². The van der Waals surface area contributed by atoms with Crippen LogP contribution in [0.15, 0.2) is 71.5 Å². The molecule has 0 N–H and O–H groups in total. The minimum absolute atomic E-state index is 0.130. The van der Waals surface area contributed by atoms with Gasteiger partial charge in [-0.25, -0.2) is 4.68 Å². The molecule has 32 heavy (non-hydrogen) atoms. The van der Waals surface area contributed by atoms with Gasteiger partial charge in [-0.05, 0) is 50.2 Å². The van der Waals surface area contributed by atoms with Gasteiger partial charge in [-0.3, -0.25) is 9.59 Å². The van der Waals surface area contributed by atoms with Gasteiger partial charge in [0.25, 0.3) is 5.56 Å². The highest BCUT2D eigenvalue weighted by Crippen LogP contribution is 2.22. The summed E-state index contributed by atoms with van der Waals surface area (Å²) in [5.41, 5.74) is 4.19. The SMILES string of the molecule is Cc1ccc(-c2ccc(=O)n(CCCC(=O)N3CCC(Cc4ccccc4)CC3)n2)cc1. The average molecular weight is 430 g/mol. The first-order valence-corrected chi connectivity index (χ1v) is 11.6. The zero-order valence-electron chi connectivity index (χ0n) is 18.7. The molecule has 1 aliphatic heterocycles. The second-order valence-electron chi connectivity index (χ2n) is 8.76. The number of carbonyl (C=O) groups is 1. The highest BCUT2D eigenvalue weighted by molar-refractivity contribution is 5.76. The van der Waals surface area contributed by atoms with Gasteiger partial charge in [-0.1, -0.05) is 60.2 Å². The lowest BCUT2D eigenvalue weighted by molar-refractivity contribution is -0.132. The summed E-state index contributed by atoms with van der Waals surface area (Å²) in [7, 11) is 0. The molecule has 0 unspecified atom stereocenters. The molecule has 1 amide bonds. The Bertz CT molecular complexity index is 1080. The molecule has 1 aromatic heterocycles. The number of carbonyl (C=O) groups excluding carboxylic acids is 1. The lowest BCUT2D eigenvalue weighted by Gasteiger charge is -2.32. The first-order valence-electron chi connectivity index (χ1n) is 11.6. The van der Waals surface area contributed by atoms with Gasteiger partial charge < -0.3 is 4.90 Å². The largest absolute Gasteiger partial charge is 0.343 e. The highest BCUT2D eigenvalue weighted by Gasteiger charge is 2.22. The van der Waals surface area contributed by atoms with Crippen LogP contribution in [0.4, 0.5) is 0 Å². The minimum Gasteiger partial charge on any atom is -0.343 e. The molecule has 166 valence electrons. The molecule has 0 bridgehead atoms. The van der Waals surface area contributed by atoms with Gasteiger partial charge >= 0.3 is 0 Å². The zero-order chi connectivity index (χ0) is 22.3. The maximum absolute atomic E-state index is 12.7. The Kier molecular flexibility index (Phi) is 7.15. The number of amides is 1. The lowest BCUT2D eigenvalue weighted by Crippen LogP contribution is -2.39. The van der Waals surface area contributed by atoms with Crippen molar-refractivity contribution in [1.29, 1.82) is 0 Å². The molecule has 0 aliphatic carbocycles. The number of benzene rings is 2. The summed E-state index contributed by atoms with van der Waals surface area (Å²) in [5.74, 6) is 0.833. The summed E-state index contributed by atoms with van der Waals surface area (Å²) >= 11 is 0. The van der Waals surface area contributed by atoms with Crippen LogP contribution in [-0.4, -0.2) is 33.7 Å². The summed E-state index contributed by atoms with van der Waals surface area (Å²) in [4.78, 5) is 26.9. The third-order valence-corrected chi connectivity index (χ3v) is 6.31. The molecule has 0 saturated carbocycles. The molecule has 3 aromatic rings. The quantitative estimate of drug-likeness (QED) is 0.556. The van der Waals surface area contributed by atoms with Crippen LogP contribution in [-0.2, 0) is 17.8 Å². The van der Waals surface area contributed by atoms with Gasteiger partial charge in [0.2, 0.25) is 5.91 Å². The number of piperidine rings is 1. The predicted molar refractivity (Wildman–Crippen MR) is 127 cm³/mol. The van der Waals surface area contributed by atoms with Gasteiger partial charge in [0.1, 0.15) is 0 Å². The number of aryl methyl sites for hydroxylation is 2. The summed E-state index contributed by atoms with van der Waals surface area (Å²) in [6, 6.07) is 22.0. The third kappa shape index (κ3) is 5.72. The Morgan fingerprint density at radius 1 is 0.969 bits per heavy atom. The van der Waals surface area contributed by atoms with Crippen molar-refractivity contribution in [3.8, 4) is 11.3 Å². The van der Waals surface area contributed by atoms with E-state index in [-0.39, 0.29) is 11.5 Å². The maximum Gasteiger partial charge on any atom is 0.266 e. The fourth-order valence-corrected chi connectivity index (χ4v) is 4.36. The fraction of sp³-hybridized carbons (Fsp3) is 0.370. The lowest BCUT2D eigenvalue weighted by atomic mass is 9.90. The van der Waals surface area contributed by atoms with E-state index in [0.717, 1.165) is 43.6 Å². The van der Waals surface area contributed by atoms with Crippen LogP contribution in [0.1, 0.15) is 36.8 Å². The Morgan fingerprint density at radius 2 is 1.69 bits per heavy atom. The van der Waals surface area contributed by atoms with Gasteiger partial charge in [-0.2, -0.15) is 5.10 Å². The molecule has 5 heteroatoms. The van der Waals surface area contributed by atoms with Crippen molar-refractivity contribution in [1.82, 2.24) is 14.7 Å². The van der Waals surface area contributed by atoms with E-state index in [1.807, 2.05) is 42.2 Å². The summed E-state index contributed by atoms with van der Waals surface area (Å²) in [6.07, 6.45) is 4.27. The number of likely N-dealkylation sites (tertiary alicyclic amines) is 1. The standard InChI is InChI=1S/C27H31N3O2/c1-21-9-11-24(12-10-21)25-13-14-27(32)30(28-25)17-5-8-26(31)29-18-15-23(16-19-29)20-22-6-3-2-4-7-22/h2-4,6-7,9-14,23H,5,8,15-20H2,1H3. The average Bonchev–Trinajstić information content (AvgIpc) is 2.82. The molecular formula is C27H31N3O2. The van der Waals surface area contributed by atoms with E-state index in [9.17, 15) is 9.59 Å². The highest BCUT2D eigenvalue weighted by atomic mass is 16.2. The summed E-state index contributed by atoms with van der Waals surface area (Å²) < 4.78 is 1.48. The third-order valence-electron chi connectivity index (χ3n) is 6.31. The van der Waals surface area contributed by atoms with E-state index in [2.05, 4.69) is 29.4 Å². The molecule has 0 radical (unpaired) electrons. The van der Waals surface area contributed by atoms with E-state index in [0.29, 0.717) is 25.3 Å². The fourth-order valence-electron chi connectivity index (χ4n) is 4.36. The molecule has 2 heterocycles. The van der Waals surface area contributed by atoms with Gasteiger partial charge in [0, 0.05) is 37.7 Å². The first kappa shape index (κ1) is 22.0. The Labute approximate surface area is 189 Å². The minimum atomic E-state index is -0.130. The van der Waals surface area contributed by atoms with Crippen LogP contribution >= 0.6 is 0 Å². The van der Waals surface area contributed by atoms with Crippen LogP contribution in [0, 0.1) is 12.8 Å². The van der Waals surface area contributed by atoms with E-state index >= 15 is 0 Å². The van der Waals surface area contributed by atoms with Crippen molar-refractivity contribution >= 4 is 5.91 Å². The van der Waals surface area contributed by atoms with E-state index in [1.165, 1.54) is 15.8 Å². The molecule has 0 atom stereocenters. The molecule has 1 saturated heterocycles. The molecular weight excluding hydrogens is 398 g/mol. The van der Waals surface area contributed by atoms with Crippen molar-refractivity contribution < 1.29 is 4.79 Å². The number of rotatable bonds is 7. The van der Waals surface area contributed by atoms with Gasteiger partial charge in [0.15, 0.2) is 0 Å². The molecule has 1 fully saturated rings. The van der Waals surface area contributed by atoms with E-state index in [1.54, 1.807) is 12.1 Å². The number of hydrogen-bond acceptors (Lipinski definition) is 3. The molecule has 5 nitrogen and oxygen atoms in total. The zero-order valence-corrected chi connectivity index (χ0v) is 18.7. The Morgan fingerprint density at radius 3 is 2.41 bits per heavy atom. The van der Waals surface area contributed by atoms with Crippen LogP contribution in [0.5, 0.6) is 0 Å². The second kappa shape index (κ2) is 10.4. The first-order chi connectivity index (χ1) is 15.6. The van der Waals surface area contributed by atoms with Gasteiger partial charge in [0.05, 0.1) is 5.69 Å². The van der Waals surface area contributed by atoms with Crippen LogP contribution in [0.2, 0.25) is 0 Å². The molecule has 2 aromatic carbocycles. The van der Waals surface area contributed by atoms with Crippen molar-refractivity contribution in [2.45, 2.75) is 45.6 Å². The Hall–Kier alpha value is -3.21. The van der Waals surface area contributed by atoms with Crippen molar-refractivity contribution in [3.05, 3.63) is 88.2 Å². The number of hydrogen-bond donors (Lipinski definition) is 0. The maximum atomic E-state index is 12.7. The molecule has 4 rings (SSSR count). The van der Waals surface area contributed by atoms with Crippen molar-refractivity contribution in [2.75, 3.05) is 13.1 Å². The predicted octanol–water partition coefficient (Wildman–Crippen LogP) is 4.48. The Balaban J connectivity index is 1.26.